The molecule has 0 radical (unpaired) electrons. The van der Waals surface area contributed by atoms with E-state index in [4.69, 9.17) is 0 Å². The third kappa shape index (κ3) is 4.36. The van der Waals surface area contributed by atoms with Crippen molar-refractivity contribution in [2.45, 2.75) is 52.9 Å². The van der Waals surface area contributed by atoms with Crippen molar-refractivity contribution in [3.63, 3.8) is 0 Å². The van der Waals surface area contributed by atoms with Crippen LogP contribution in [0.2, 0.25) is 0 Å². The summed E-state index contributed by atoms with van der Waals surface area (Å²) in [6.45, 7) is 6.80. The summed E-state index contributed by atoms with van der Waals surface area (Å²) >= 11 is 0. The van der Waals surface area contributed by atoms with Gasteiger partial charge in [0.25, 0.3) is 0 Å². The van der Waals surface area contributed by atoms with Gasteiger partial charge in [0, 0.05) is 0 Å². The van der Waals surface area contributed by atoms with Crippen LogP contribution < -0.4 is 0 Å². The van der Waals surface area contributed by atoms with Gasteiger partial charge in [-0.2, -0.15) is 0 Å². The van der Waals surface area contributed by atoms with Crippen molar-refractivity contribution in [3.05, 3.63) is 34.4 Å². The molecule has 1 aliphatic carbocycles. The van der Waals surface area contributed by atoms with E-state index in [1.54, 1.807) is 0 Å². The summed E-state index contributed by atoms with van der Waals surface area (Å²) < 4.78 is 0. The monoisotopic (exact) mass is 220 g/mol. The number of aliphatic hydroxyl groups excluding tert-OH is 1. The second-order valence-corrected chi connectivity index (χ2v) is 4.92. The summed E-state index contributed by atoms with van der Waals surface area (Å²) in [6, 6.07) is 0. The molecule has 0 saturated carbocycles. The molecule has 0 heterocycles. The molecule has 1 nitrogen and oxygen atoms in total. The van der Waals surface area contributed by atoms with Crippen molar-refractivity contribution in [2.24, 2.45) is 0 Å². The molecular formula is C15H24O. The molecule has 0 aromatic carbocycles. The zero-order valence-electron chi connectivity index (χ0n) is 10.8. The van der Waals surface area contributed by atoms with Crippen LogP contribution in [0.5, 0.6) is 0 Å². The maximum atomic E-state index is 9.26. The molecule has 0 amide bonds. The van der Waals surface area contributed by atoms with Gasteiger partial charge < -0.3 is 5.11 Å². The fourth-order valence-electron chi connectivity index (χ4n) is 2.02. The summed E-state index contributed by atoms with van der Waals surface area (Å²) in [7, 11) is 0. The van der Waals surface area contributed by atoms with Crippen LogP contribution in [-0.4, -0.2) is 11.7 Å². The van der Waals surface area contributed by atoms with Gasteiger partial charge in [-0.25, -0.2) is 0 Å². The minimum absolute atomic E-state index is 0.211. The third-order valence-corrected chi connectivity index (χ3v) is 3.33. The van der Waals surface area contributed by atoms with Crippen LogP contribution in [0.3, 0.4) is 0 Å². The molecule has 0 saturated heterocycles. The topological polar surface area (TPSA) is 20.2 Å². The number of rotatable bonds is 1. The van der Waals surface area contributed by atoms with E-state index in [0.29, 0.717) is 0 Å². The Balaban J connectivity index is 2.83. The van der Waals surface area contributed by atoms with Crippen LogP contribution in [-0.2, 0) is 0 Å². The van der Waals surface area contributed by atoms with Crippen LogP contribution in [0.25, 0.3) is 0 Å². The molecule has 1 heteroatoms. The number of hydrogen-bond donors (Lipinski definition) is 1. The lowest BCUT2D eigenvalue weighted by molar-refractivity contribution is 0.326. The van der Waals surface area contributed by atoms with Gasteiger partial charge in [0.15, 0.2) is 0 Å². The van der Waals surface area contributed by atoms with Gasteiger partial charge in [-0.05, 0) is 58.4 Å². The maximum Gasteiger partial charge on any atom is 0.0641 e. The highest BCUT2D eigenvalue weighted by molar-refractivity contribution is 5.19. The standard InChI is InChI=1S/C15H24O/c1-12(2)15-9-7-13(3)5-4-6-14(11-16)8-10-15/h5,8,16H,4,6-7,9-11H2,1-3H3/b13-5+,14-8-. The van der Waals surface area contributed by atoms with Crippen molar-refractivity contribution in [2.75, 3.05) is 6.61 Å². The lowest BCUT2D eigenvalue weighted by atomic mass is 9.95. The van der Waals surface area contributed by atoms with E-state index in [9.17, 15) is 5.11 Å². The predicted octanol–water partition coefficient (Wildman–Crippen LogP) is 4.15. The molecule has 0 aromatic rings. The molecule has 16 heavy (non-hydrogen) atoms. The Bertz CT molecular complexity index is 314. The highest BCUT2D eigenvalue weighted by Crippen LogP contribution is 2.22. The number of hydrogen-bond acceptors (Lipinski definition) is 1. The minimum atomic E-state index is 0.211. The molecule has 0 aromatic heterocycles. The Kier molecular flexibility index (Phi) is 5.54. The summed E-state index contributed by atoms with van der Waals surface area (Å²) in [4.78, 5) is 0. The van der Waals surface area contributed by atoms with Gasteiger partial charge >= 0.3 is 0 Å². The number of allylic oxidation sites excluding steroid dienone is 5. The first-order chi connectivity index (χ1) is 7.63. The van der Waals surface area contributed by atoms with Crippen LogP contribution >= 0.6 is 0 Å². The summed E-state index contributed by atoms with van der Waals surface area (Å²) in [5, 5.41) is 9.26. The molecular weight excluding hydrogens is 196 g/mol. The Morgan fingerprint density at radius 1 is 1.19 bits per heavy atom. The van der Waals surface area contributed by atoms with Crippen molar-refractivity contribution < 1.29 is 5.11 Å². The van der Waals surface area contributed by atoms with Crippen molar-refractivity contribution in [1.82, 2.24) is 0 Å². The smallest absolute Gasteiger partial charge is 0.0641 e. The maximum absolute atomic E-state index is 9.26. The largest absolute Gasteiger partial charge is 0.392 e. The Labute approximate surface area is 99.6 Å². The van der Waals surface area contributed by atoms with Gasteiger partial charge in [-0.3, -0.25) is 0 Å². The van der Waals surface area contributed by atoms with Crippen LogP contribution in [0.15, 0.2) is 34.4 Å². The lowest BCUT2D eigenvalue weighted by Crippen LogP contribution is -1.95. The quantitative estimate of drug-likeness (QED) is 0.658. The molecule has 0 fully saturated rings. The molecule has 0 unspecified atom stereocenters. The normalized spacial score (nSPS) is 25.4. The van der Waals surface area contributed by atoms with Gasteiger partial charge in [0.2, 0.25) is 0 Å². The van der Waals surface area contributed by atoms with Crippen LogP contribution in [0.4, 0.5) is 0 Å². The molecule has 0 bridgehead atoms. The highest BCUT2D eigenvalue weighted by Gasteiger charge is 2.04. The first kappa shape index (κ1) is 13.2. The van der Waals surface area contributed by atoms with Crippen molar-refractivity contribution >= 4 is 0 Å². The fraction of sp³-hybridized carbons (Fsp3) is 0.600. The fourth-order valence-corrected chi connectivity index (χ4v) is 2.02. The van der Waals surface area contributed by atoms with Gasteiger partial charge in [0.05, 0.1) is 6.61 Å². The Morgan fingerprint density at radius 2 is 1.94 bits per heavy atom. The van der Waals surface area contributed by atoms with E-state index < -0.39 is 0 Å². The zero-order chi connectivity index (χ0) is 12.0. The van der Waals surface area contributed by atoms with Gasteiger partial charge in [0.1, 0.15) is 0 Å². The number of aliphatic hydroxyl groups is 1. The van der Waals surface area contributed by atoms with E-state index in [1.807, 2.05) is 0 Å². The summed E-state index contributed by atoms with van der Waals surface area (Å²) in [6.07, 6.45) is 9.98. The van der Waals surface area contributed by atoms with Gasteiger partial charge in [-0.1, -0.05) is 28.9 Å². The van der Waals surface area contributed by atoms with E-state index >= 15 is 0 Å². The molecule has 1 N–H and O–H groups in total. The summed E-state index contributed by atoms with van der Waals surface area (Å²) in [5.41, 5.74) is 5.63. The van der Waals surface area contributed by atoms with Crippen LogP contribution in [0.1, 0.15) is 52.9 Å². The Morgan fingerprint density at radius 3 is 2.56 bits per heavy atom. The van der Waals surface area contributed by atoms with E-state index in [2.05, 4.69) is 32.9 Å². The third-order valence-electron chi connectivity index (χ3n) is 3.33. The first-order valence-electron chi connectivity index (χ1n) is 6.23. The molecule has 0 atom stereocenters. The second kappa shape index (κ2) is 6.70. The highest BCUT2D eigenvalue weighted by atomic mass is 16.3. The first-order valence-corrected chi connectivity index (χ1v) is 6.23. The van der Waals surface area contributed by atoms with Gasteiger partial charge in [-0.15, -0.1) is 0 Å². The minimum Gasteiger partial charge on any atom is -0.392 e. The molecule has 1 rings (SSSR count). The van der Waals surface area contributed by atoms with E-state index in [0.717, 1.165) is 19.3 Å². The lowest BCUT2D eigenvalue weighted by Gasteiger charge is -2.12. The van der Waals surface area contributed by atoms with E-state index in [1.165, 1.54) is 35.1 Å². The molecule has 0 spiro atoms. The average molecular weight is 220 g/mol. The second-order valence-electron chi connectivity index (χ2n) is 4.92. The molecule has 0 aliphatic heterocycles. The molecule has 90 valence electrons. The Hall–Kier alpha value is -0.820. The van der Waals surface area contributed by atoms with Crippen molar-refractivity contribution in [3.8, 4) is 0 Å². The average Bonchev–Trinajstić information content (AvgIpc) is 2.26. The SMILES string of the molecule is CC(C)=C1C/C=C(\CO)CC/C=C(\C)CC1. The molecule has 1 aliphatic rings. The van der Waals surface area contributed by atoms with E-state index in [-0.39, 0.29) is 6.61 Å². The summed E-state index contributed by atoms with van der Waals surface area (Å²) in [5.74, 6) is 0. The van der Waals surface area contributed by atoms with Crippen molar-refractivity contribution in [1.29, 1.82) is 0 Å². The van der Waals surface area contributed by atoms with Crippen LogP contribution in [0, 0.1) is 0 Å². The predicted molar refractivity (Wildman–Crippen MR) is 70.4 cm³/mol. The zero-order valence-corrected chi connectivity index (χ0v) is 10.8.